The van der Waals surface area contributed by atoms with Crippen molar-refractivity contribution in [3.05, 3.63) is 70.9 Å². The third-order valence-electron chi connectivity index (χ3n) is 4.22. The number of Topliss-reactive ketones (excluding diaryl/α,β-unsaturated/α-hetero) is 1. The fourth-order valence-corrected chi connectivity index (χ4v) is 2.94. The second kappa shape index (κ2) is 6.56. The minimum Gasteiger partial charge on any atom is -0.337 e. The van der Waals surface area contributed by atoms with E-state index in [1.807, 2.05) is 0 Å². The summed E-state index contributed by atoms with van der Waals surface area (Å²) in [4.78, 5) is 31.0. The average Bonchev–Trinajstić information content (AvgIpc) is 3.27. The fraction of sp³-hybridized carbons (Fsp3) is 0.0526. The second-order valence-corrected chi connectivity index (χ2v) is 5.91. The molecule has 2 aromatic carbocycles. The molecule has 0 spiro atoms. The minimum absolute atomic E-state index is 0.263. The van der Waals surface area contributed by atoms with Gasteiger partial charge in [0.15, 0.2) is 17.9 Å². The summed E-state index contributed by atoms with van der Waals surface area (Å²) in [5.41, 5.74) is 1.79. The maximum atomic E-state index is 13.8. The summed E-state index contributed by atoms with van der Waals surface area (Å²) in [5, 5.41) is 6.64. The van der Waals surface area contributed by atoms with E-state index in [9.17, 15) is 18.4 Å². The van der Waals surface area contributed by atoms with E-state index >= 15 is 0 Å². The molecule has 0 aliphatic carbocycles. The molecule has 134 valence electrons. The van der Waals surface area contributed by atoms with Crippen LogP contribution in [0.5, 0.6) is 0 Å². The van der Waals surface area contributed by atoms with Gasteiger partial charge in [0.25, 0.3) is 0 Å². The number of aldehydes is 1. The summed E-state index contributed by atoms with van der Waals surface area (Å²) in [6, 6.07) is 8.38. The standard InChI is InChI=1S/C19H12F2N4O2/c20-12-4-2-5-13(21)16(12)15(27)7-11-8-22-25-18(11)19-23-14-6-1-3-10(9-26)17(14)24-19/h1-6,8-9H,7H2,(H,22,25)(H,23,24). The molecule has 4 aromatic rings. The molecule has 0 radical (unpaired) electrons. The molecule has 0 saturated carbocycles. The van der Waals surface area contributed by atoms with E-state index in [-0.39, 0.29) is 6.42 Å². The lowest BCUT2D eigenvalue weighted by molar-refractivity contribution is 0.0984. The molecule has 8 heteroatoms. The van der Waals surface area contributed by atoms with E-state index in [0.29, 0.717) is 40.0 Å². The lowest BCUT2D eigenvalue weighted by atomic mass is 10.0. The van der Waals surface area contributed by atoms with Crippen LogP contribution in [0.25, 0.3) is 22.6 Å². The molecule has 0 fully saturated rings. The largest absolute Gasteiger partial charge is 0.337 e. The zero-order chi connectivity index (χ0) is 19.0. The van der Waals surface area contributed by atoms with Crippen LogP contribution >= 0.6 is 0 Å². The number of hydrogen-bond acceptors (Lipinski definition) is 4. The van der Waals surface area contributed by atoms with Crippen molar-refractivity contribution >= 4 is 23.1 Å². The summed E-state index contributed by atoms with van der Waals surface area (Å²) in [6.45, 7) is 0. The van der Waals surface area contributed by atoms with E-state index in [1.165, 1.54) is 12.3 Å². The van der Waals surface area contributed by atoms with Gasteiger partial charge >= 0.3 is 0 Å². The number of benzene rings is 2. The van der Waals surface area contributed by atoms with Gasteiger partial charge in [-0.15, -0.1) is 0 Å². The highest BCUT2D eigenvalue weighted by Crippen LogP contribution is 2.25. The van der Waals surface area contributed by atoms with Gasteiger partial charge in [-0.05, 0) is 24.3 Å². The monoisotopic (exact) mass is 366 g/mol. The van der Waals surface area contributed by atoms with Crippen LogP contribution in [0.1, 0.15) is 26.3 Å². The van der Waals surface area contributed by atoms with Crippen LogP contribution in [0, 0.1) is 11.6 Å². The maximum absolute atomic E-state index is 13.8. The van der Waals surface area contributed by atoms with E-state index in [1.54, 1.807) is 18.2 Å². The highest BCUT2D eigenvalue weighted by Gasteiger charge is 2.21. The van der Waals surface area contributed by atoms with Crippen molar-refractivity contribution in [3.63, 3.8) is 0 Å². The van der Waals surface area contributed by atoms with Gasteiger partial charge in [-0.1, -0.05) is 12.1 Å². The van der Waals surface area contributed by atoms with E-state index < -0.39 is 23.0 Å². The first-order valence-corrected chi connectivity index (χ1v) is 8.02. The van der Waals surface area contributed by atoms with Gasteiger partial charge in [0.1, 0.15) is 17.3 Å². The third-order valence-corrected chi connectivity index (χ3v) is 4.22. The number of ketones is 1. The average molecular weight is 366 g/mol. The number of nitrogens with zero attached hydrogens (tertiary/aromatic N) is 2. The SMILES string of the molecule is O=Cc1cccc2[nH]c(-c3[nH]ncc3CC(=O)c3c(F)cccc3F)nc12. The Morgan fingerprint density at radius 3 is 2.59 bits per heavy atom. The molecule has 0 atom stereocenters. The summed E-state index contributed by atoms with van der Waals surface area (Å²) >= 11 is 0. The Kier molecular flexibility index (Phi) is 4.08. The Morgan fingerprint density at radius 2 is 1.85 bits per heavy atom. The van der Waals surface area contributed by atoms with Gasteiger partial charge in [0, 0.05) is 17.5 Å². The molecular formula is C19H12F2N4O2. The van der Waals surface area contributed by atoms with Gasteiger partial charge in [0.2, 0.25) is 0 Å². The topological polar surface area (TPSA) is 91.5 Å². The van der Waals surface area contributed by atoms with Crippen molar-refractivity contribution in [2.45, 2.75) is 6.42 Å². The van der Waals surface area contributed by atoms with Gasteiger partial charge in [-0.25, -0.2) is 13.8 Å². The molecule has 0 aliphatic rings. The van der Waals surface area contributed by atoms with Crippen LogP contribution in [-0.4, -0.2) is 32.2 Å². The first-order valence-electron chi connectivity index (χ1n) is 8.02. The van der Waals surface area contributed by atoms with Crippen molar-refractivity contribution in [3.8, 4) is 11.5 Å². The molecule has 0 amide bonds. The molecule has 2 aromatic heterocycles. The van der Waals surface area contributed by atoms with E-state index in [2.05, 4.69) is 20.2 Å². The Labute approximate surface area is 151 Å². The second-order valence-electron chi connectivity index (χ2n) is 5.91. The van der Waals surface area contributed by atoms with Crippen molar-refractivity contribution in [1.82, 2.24) is 20.2 Å². The van der Waals surface area contributed by atoms with Crippen LogP contribution in [0.4, 0.5) is 8.78 Å². The molecular weight excluding hydrogens is 354 g/mol. The lowest BCUT2D eigenvalue weighted by Gasteiger charge is -2.04. The zero-order valence-corrected chi connectivity index (χ0v) is 13.8. The van der Waals surface area contributed by atoms with Crippen LogP contribution in [0.2, 0.25) is 0 Å². The first kappa shape index (κ1) is 16.8. The van der Waals surface area contributed by atoms with Crippen molar-refractivity contribution in [2.75, 3.05) is 0 Å². The number of carbonyl (C=O) groups is 2. The predicted octanol–water partition coefficient (Wildman–Crippen LogP) is 3.47. The normalized spacial score (nSPS) is 11.0. The van der Waals surface area contributed by atoms with E-state index in [0.717, 1.165) is 12.1 Å². The van der Waals surface area contributed by atoms with Crippen LogP contribution in [-0.2, 0) is 6.42 Å². The molecule has 0 unspecified atom stereocenters. The smallest absolute Gasteiger partial charge is 0.173 e. The number of rotatable bonds is 5. The minimum atomic E-state index is -0.913. The maximum Gasteiger partial charge on any atom is 0.173 e. The third kappa shape index (κ3) is 2.91. The quantitative estimate of drug-likeness (QED) is 0.418. The number of H-pyrrole nitrogens is 2. The highest BCUT2D eigenvalue weighted by molar-refractivity contribution is 5.99. The highest BCUT2D eigenvalue weighted by atomic mass is 19.1. The van der Waals surface area contributed by atoms with Crippen molar-refractivity contribution in [1.29, 1.82) is 0 Å². The Hall–Kier alpha value is -3.68. The van der Waals surface area contributed by atoms with Crippen LogP contribution in [0.15, 0.2) is 42.6 Å². The molecule has 2 heterocycles. The van der Waals surface area contributed by atoms with Crippen molar-refractivity contribution in [2.24, 2.45) is 0 Å². The number of hydrogen-bond donors (Lipinski definition) is 2. The van der Waals surface area contributed by atoms with Gasteiger partial charge in [-0.2, -0.15) is 5.10 Å². The summed E-state index contributed by atoms with van der Waals surface area (Å²) in [6.07, 6.45) is 1.84. The number of halogens is 2. The molecule has 0 aliphatic heterocycles. The molecule has 27 heavy (non-hydrogen) atoms. The Bertz CT molecular complexity index is 1160. The number of fused-ring (bicyclic) bond motifs is 1. The van der Waals surface area contributed by atoms with Gasteiger partial charge in [-0.3, -0.25) is 14.7 Å². The van der Waals surface area contributed by atoms with Crippen LogP contribution < -0.4 is 0 Å². The summed E-state index contributed by atoms with van der Waals surface area (Å²) < 4.78 is 27.7. The number of carbonyl (C=O) groups excluding carboxylic acids is 2. The van der Waals surface area contributed by atoms with Crippen LogP contribution in [0.3, 0.4) is 0 Å². The number of imidazole rings is 1. The number of para-hydroxylation sites is 1. The Morgan fingerprint density at radius 1 is 1.11 bits per heavy atom. The van der Waals surface area contributed by atoms with Gasteiger partial charge in [0.05, 0.1) is 22.8 Å². The number of aromatic nitrogens is 4. The summed E-state index contributed by atoms with van der Waals surface area (Å²) in [7, 11) is 0. The molecule has 0 bridgehead atoms. The molecule has 0 saturated heterocycles. The molecule has 4 rings (SSSR count). The Balaban J connectivity index is 1.72. The molecule has 6 nitrogen and oxygen atoms in total. The molecule has 2 N–H and O–H groups in total. The van der Waals surface area contributed by atoms with E-state index in [4.69, 9.17) is 0 Å². The summed E-state index contributed by atoms with van der Waals surface area (Å²) in [5.74, 6) is -2.17. The first-order chi connectivity index (χ1) is 13.1. The lowest BCUT2D eigenvalue weighted by Crippen LogP contribution is -2.09. The van der Waals surface area contributed by atoms with Gasteiger partial charge < -0.3 is 4.98 Å². The predicted molar refractivity (Wildman–Crippen MR) is 93.5 cm³/mol. The fourth-order valence-electron chi connectivity index (χ4n) is 2.94. The number of nitrogens with one attached hydrogen (secondary N) is 2. The zero-order valence-electron chi connectivity index (χ0n) is 13.8. The number of aromatic amines is 2. The van der Waals surface area contributed by atoms with Crippen molar-refractivity contribution < 1.29 is 18.4 Å².